The van der Waals surface area contributed by atoms with E-state index in [2.05, 4.69) is 24.7 Å². The standard InChI is InChI=1S/C8H8N2S/c1-3-7-5-10-4-6(2)11-8(10)9-7/h3-5H,1H2,2H3. The Kier molecular flexibility index (Phi) is 1.32. The fourth-order valence-electron chi connectivity index (χ4n) is 1.03. The van der Waals surface area contributed by atoms with Crippen LogP contribution in [-0.4, -0.2) is 9.38 Å². The Morgan fingerprint density at radius 3 is 3.09 bits per heavy atom. The van der Waals surface area contributed by atoms with E-state index in [-0.39, 0.29) is 0 Å². The van der Waals surface area contributed by atoms with Gasteiger partial charge in [-0.3, -0.25) is 4.40 Å². The third-order valence-corrected chi connectivity index (χ3v) is 2.41. The highest BCUT2D eigenvalue weighted by Crippen LogP contribution is 2.16. The molecule has 0 N–H and O–H groups in total. The van der Waals surface area contributed by atoms with E-state index in [1.807, 2.05) is 10.6 Å². The summed E-state index contributed by atoms with van der Waals surface area (Å²) < 4.78 is 2.02. The average molecular weight is 164 g/mol. The van der Waals surface area contributed by atoms with Crippen LogP contribution in [0, 0.1) is 6.92 Å². The Hall–Kier alpha value is -1.09. The molecule has 0 saturated heterocycles. The van der Waals surface area contributed by atoms with Crippen molar-refractivity contribution < 1.29 is 0 Å². The summed E-state index contributed by atoms with van der Waals surface area (Å²) in [6.07, 6.45) is 5.81. The summed E-state index contributed by atoms with van der Waals surface area (Å²) in [7, 11) is 0. The monoisotopic (exact) mass is 164 g/mol. The fraction of sp³-hybridized carbons (Fsp3) is 0.125. The van der Waals surface area contributed by atoms with Crippen molar-refractivity contribution in [2.45, 2.75) is 6.92 Å². The van der Waals surface area contributed by atoms with Crippen LogP contribution in [0.2, 0.25) is 0 Å². The highest BCUT2D eigenvalue weighted by molar-refractivity contribution is 7.16. The molecule has 0 aliphatic carbocycles. The van der Waals surface area contributed by atoms with Crippen LogP contribution < -0.4 is 0 Å². The largest absolute Gasteiger partial charge is 0.297 e. The first-order valence-electron chi connectivity index (χ1n) is 3.37. The lowest BCUT2D eigenvalue weighted by Crippen LogP contribution is -1.68. The summed E-state index contributed by atoms with van der Waals surface area (Å²) in [5, 5.41) is 0. The molecule has 0 bridgehead atoms. The minimum atomic E-state index is 0.941. The molecule has 56 valence electrons. The van der Waals surface area contributed by atoms with Crippen molar-refractivity contribution in [2.75, 3.05) is 0 Å². The molecule has 0 fully saturated rings. The molecule has 2 rings (SSSR count). The van der Waals surface area contributed by atoms with Crippen molar-refractivity contribution in [3.05, 3.63) is 29.5 Å². The predicted molar refractivity (Wildman–Crippen MR) is 47.9 cm³/mol. The highest BCUT2D eigenvalue weighted by atomic mass is 32.1. The van der Waals surface area contributed by atoms with Crippen LogP contribution in [0.1, 0.15) is 10.6 Å². The molecule has 0 atom stereocenters. The van der Waals surface area contributed by atoms with Gasteiger partial charge in [0.1, 0.15) is 0 Å². The smallest absolute Gasteiger partial charge is 0.194 e. The summed E-state index contributed by atoms with van der Waals surface area (Å²) in [6.45, 7) is 5.73. The van der Waals surface area contributed by atoms with Gasteiger partial charge < -0.3 is 0 Å². The molecule has 0 aliphatic heterocycles. The number of hydrogen-bond acceptors (Lipinski definition) is 2. The van der Waals surface area contributed by atoms with Crippen LogP contribution >= 0.6 is 11.3 Å². The number of thiazole rings is 1. The van der Waals surface area contributed by atoms with Crippen LogP contribution in [-0.2, 0) is 0 Å². The fourth-order valence-corrected chi connectivity index (χ4v) is 1.84. The highest BCUT2D eigenvalue weighted by Gasteiger charge is 2.00. The van der Waals surface area contributed by atoms with Crippen LogP contribution in [0.3, 0.4) is 0 Å². The van der Waals surface area contributed by atoms with Gasteiger partial charge in [0.15, 0.2) is 4.96 Å². The molecule has 2 nitrogen and oxygen atoms in total. The first-order valence-corrected chi connectivity index (χ1v) is 4.19. The lowest BCUT2D eigenvalue weighted by molar-refractivity contribution is 1.21. The Labute approximate surface area is 68.8 Å². The average Bonchev–Trinajstić information content (AvgIpc) is 2.43. The lowest BCUT2D eigenvalue weighted by atomic mass is 10.5. The summed E-state index contributed by atoms with van der Waals surface area (Å²) in [6, 6.07) is 0. The van der Waals surface area contributed by atoms with Gasteiger partial charge in [-0.05, 0) is 13.0 Å². The number of aromatic nitrogens is 2. The topological polar surface area (TPSA) is 17.3 Å². The molecule has 2 heterocycles. The van der Waals surface area contributed by atoms with E-state index in [0.717, 1.165) is 10.7 Å². The van der Waals surface area contributed by atoms with Crippen LogP contribution in [0.5, 0.6) is 0 Å². The number of fused-ring (bicyclic) bond motifs is 1. The van der Waals surface area contributed by atoms with Crippen molar-refractivity contribution in [1.82, 2.24) is 9.38 Å². The van der Waals surface area contributed by atoms with Crippen molar-refractivity contribution >= 4 is 22.4 Å². The molecular formula is C8H8N2S. The first-order chi connectivity index (χ1) is 5.29. The van der Waals surface area contributed by atoms with Crippen LogP contribution in [0.15, 0.2) is 19.0 Å². The number of nitrogens with zero attached hydrogens (tertiary/aromatic N) is 2. The normalized spacial score (nSPS) is 10.6. The van der Waals surface area contributed by atoms with Gasteiger partial charge in [-0.2, -0.15) is 0 Å². The molecule has 2 aromatic heterocycles. The maximum Gasteiger partial charge on any atom is 0.194 e. The molecule has 0 unspecified atom stereocenters. The van der Waals surface area contributed by atoms with Gasteiger partial charge in [-0.25, -0.2) is 4.98 Å². The van der Waals surface area contributed by atoms with Crippen LogP contribution in [0.25, 0.3) is 11.0 Å². The minimum absolute atomic E-state index is 0.941. The zero-order valence-corrected chi connectivity index (χ0v) is 7.06. The number of imidazole rings is 1. The Bertz CT molecular complexity index is 366. The quantitative estimate of drug-likeness (QED) is 0.632. The van der Waals surface area contributed by atoms with Gasteiger partial charge in [0.2, 0.25) is 0 Å². The third kappa shape index (κ3) is 0.973. The van der Waals surface area contributed by atoms with Crippen molar-refractivity contribution in [1.29, 1.82) is 0 Å². The Morgan fingerprint density at radius 2 is 2.45 bits per heavy atom. The summed E-state index contributed by atoms with van der Waals surface area (Å²) in [5.41, 5.74) is 0.941. The molecule has 0 radical (unpaired) electrons. The predicted octanol–water partition coefficient (Wildman–Crippen LogP) is 2.35. The number of rotatable bonds is 1. The van der Waals surface area contributed by atoms with Gasteiger partial charge in [0.05, 0.1) is 5.69 Å². The summed E-state index contributed by atoms with van der Waals surface area (Å²) >= 11 is 1.69. The van der Waals surface area contributed by atoms with Gasteiger partial charge in [0, 0.05) is 17.3 Å². The maximum atomic E-state index is 4.32. The molecule has 0 saturated carbocycles. The zero-order chi connectivity index (χ0) is 7.84. The summed E-state index contributed by atoms with van der Waals surface area (Å²) in [5.74, 6) is 0. The minimum Gasteiger partial charge on any atom is -0.297 e. The first kappa shape index (κ1) is 6.61. The molecule has 0 aromatic carbocycles. The van der Waals surface area contributed by atoms with E-state index in [1.54, 1.807) is 17.4 Å². The molecule has 3 heteroatoms. The SMILES string of the molecule is C=Cc1cn2cc(C)sc2n1. The maximum absolute atomic E-state index is 4.32. The Morgan fingerprint density at radius 1 is 1.64 bits per heavy atom. The molecule has 0 spiro atoms. The molecule has 11 heavy (non-hydrogen) atoms. The van der Waals surface area contributed by atoms with Gasteiger partial charge in [-0.15, -0.1) is 11.3 Å². The zero-order valence-electron chi connectivity index (χ0n) is 6.24. The molecular weight excluding hydrogens is 156 g/mol. The molecule has 2 aromatic rings. The molecule has 0 amide bonds. The summed E-state index contributed by atoms with van der Waals surface area (Å²) in [4.78, 5) is 6.64. The van der Waals surface area contributed by atoms with E-state index in [4.69, 9.17) is 0 Å². The van der Waals surface area contributed by atoms with E-state index in [0.29, 0.717) is 0 Å². The lowest BCUT2D eigenvalue weighted by Gasteiger charge is -1.76. The van der Waals surface area contributed by atoms with Crippen molar-refractivity contribution in [3.8, 4) is 0 Å². The van der Waals surface area contributed by atoms with Gasteiger partial charge >= 0.3 is 0 Å². The van der Waals surface area contributed by atoms with Crippen LogP contribution in [0.4, 0.5) is 0 Å². The van der Waals surface area contributed by atoms with Gasteiger partial charge in [0.25, 0.3) is 0 Å². The van der Waals surface area contributed by atoms with Crippen molar-refractivity contribution in [2.24, 2.45) is 0 Å². The van der Waals surface area contributed by atoms with E-state index < -0.39 is 0 Å². The van der Waals surface area contributed by atoms with Gasteiger partial charge in [-0.1, -0.05) is 6.58 Å². The number of aryl methyl sites for hydroxylation is 1. The van der Waals surface area contributed by atoms with E-state index in [9.17, 15) is 0 Å². The number of hydrogen-bond donors (Lipinski definition) is 0. The van der Waals surface area contributed by atoms with E-state index >= 15 is 0 Å². The second-order valence-corrected chi connectivity index (χ2v) is 3.61. The van der Waals surface area contributed by atoms with E-state index in [1.165, 1.54) is 4.88 Å². The molecule has 0 aliphatic rings. The van der Waals surface area contributed by atoms with Crippen molar-refractivity contribution in [3.63, 3.8) is 0 Å². The second-order valence-electron chi connectivity index (χ2n) is 2.40. The third-order valence-electron chi connectivity index (χ3n) is 1.50. The second kappa shape index (κ2) is 2.20. The Balaban J connectivity index is 2.72.